The molecule has 4 rings (SSSR count). The van der Waals surface area contributed by atoms with Crippen LogP contribution in [0.2, 0.25) is 0 Å². The first kappa shape index (κ1) is 20.5. The highest BCUT2D eigenvalue weighted by Gasteiger charge is 2.19. The molecular formula is C21H23F2N5O2. The van der Waals surface area contributed by atoms with Crippen molar-refractivity contribution in [3.05, 3.63) is 41.7 Å². The average Bonchev–Trinajstić information content (AvgIpc) is 3.23. The Morgan fingerprint density at radius 1 is 1.23 bits per heavy atom. The lowest BCUT2D eigenvalue weighted by atomic mass is 10.1. The van der Waals surface area contributed by atoms with Crippen molar-refractivity contribution in [2.75, 3.05) is 44.9 Å². The Labute approximate surface area is 173 Å². The van der Waals surface area contributed by atoms with Crippen LogP contribution < -0.4 is 4.90 Å². The molecule has 0 spiro atoms. The zero-order valence-corrected chi connectivity index (χ0v) is 16.9. The maximum absolute atomic E-state index is 14.5. The summed E-state index contributed by atoms with van der Waals surface area (Å²) in [5, 5.41) is 0. The zero-order chi connectivity index (χ0) is 21.1. The maximum Gasteiger partial charge on any atom is 0.227 e. The second-order valence-corrected chi connectivity index (χ2v) is 7.41. The van der Waals surface area contributed by atoms with E-state index in [0.717, 1.165) is 25.7 Å². The molecule has 3 aromatic rings. The van der Waals surface area contributed by atoms with Crippen LogP contribution in [0.3, 0.4) is 0 Å². The second kappa shape index (κ2) is 8.93. The summed E-state index contributed by atoms with van der Waals surface area (Å²) in [4.78, 5) is 19.6. The summed E-state index contributed by atoms with van der Waals surface area (Å²) in [6, 6.07) is 3.37. The number of hydrogen-bond acceptors (Lipinski definition) is 7. The van der Waals surface area contributed by atoms with Gasteiger partial charge < -0.3 is 14.4 Å². The molecule has 1 atom stereocenters. The van der Waals surface area contributed by atoms with Gasteiger partial charge in [-0.15, -0.1) is 0 Å². The molecule has 1 fully saturated rings. The smallest absolute Gasteiger partial charge is 0.227 e. The lowest BCUT2D eigenvalue weighted by Gasteiger charge is -2.19. The van der Waals surface area contributed by atoms with E-state index < -0.39 is 11.6 Å². The van der Waals surface area contributed by atoms with E-state index >= 15 is 0 Å². The summed E-state index contributed by atoms with van der Waals surface area (Å²) >= 11 is 0. The van der Waals surface area contributed by atoms with Crippen LogP contribution in [0.1, 0.15) is 12.1 Å². The Bertz CT molecular complexity index is 1040. The van der Waals surface area contributed by atoms with Crippen LogP contribution in [0.15, 0.2) is 24.4 Å². The number of anilines is 1. The molecule has 158 valence electrons. The largest absolute Gasteiger partial charge is 0.381 e. The van der Waals surface area contributed by atoms with Gasteiger partial charge in [0.25, 0.3) is 0 Å². The second-order valence-electron chi connectivity index (χ2n) is 7.41. The van der Waals surface area contributed by atoms with Gasteiger partial charge in [-0.3, -0.25) is 0 Å². The predicted octanol–water partition coefficient (Wildman–Crippen LogP) is 3.16. The number of fused-ring (bicyclic) bond motifs is 1. The minimum Gasteiger partial charge on any atom is -0.381 e. The standard InChI is InChI=1S/C21H23F2N5O2/c1-13-10-24-19-18(16-4-3-15(22)9-17(16)23)26-21(27-20(19)25-13)28(2)6-8-30-12-14-5-7-29-11-14/h3-4,9-10,14H,5-8,11-12H2,1-2H3. The number of ether oxygens (including phenoxy) is 2. The van der Waals surface area contributed by atoms with Crippen LogP contribution in [0, 0.1) is 24.5 Å². The van der Waals surface area contributed by atoms with Gasteiger partial charge in [-0.25, -0.2) is 23.7 Å². The van der Waals surface area contributed by atoms with Gasteiger partial charge in [-0.05, 0) is 25.5 Å². The number of benzene rings is 1. The summed E-state index contributed by atoms with van der Waals surface area (Å²) in [7, 11) is 1.83. The van der Waals surface area contributed by atoms with E-state index in [2.05, 4.69) is 19.9 Å². The van der Waals surface area contributed by atoms with Gasteiger partial charge in [0.1, 0.15) is 22.8 Å². The lowest BCUT2D eigenvalue weighted by molar-refractivity contribution is 0.0943. The topological polar surface area (TPSA) is 73.3 Å². The molecule has 0 amide bonds. The van der Waals surface area contributed by atoms with E-state index in [1.807, 2.05) is 11.9 Å². The fraction of sp³-hybridized carbons (Fsp3) is 0.429. The molecule has 1 saturated heterocycles. The molecule has 1 aliphatic heterocycles. The van der Waals surface area contributed by atoms with Crippen LogP contribution in [-0.2, 0) is 9.47 Å². The van der Waals surface area contributed by atoms with E-state index in [4.69, 9.17) is 9.47 Å². The molecule has 0 saturated carbocycles. The van der Waals surface area contributed by atoms with Crippen molar-refractivity contribution in [1.29, 1.82) is 0 Å². The van der Waals surface area contributed by atoms with Crippen molar-refractivity contribution < 1.29 is 18.3 Å². The van der Waals surface area contributed by atoms with Crippen molar-refractivity contribution in [2.24, 2.45) is 5.92 Å². The van der Waals surface area contributed by atoms with Crippen molar-refractivity contribution >= 4 is 17.1 Å². The summed E-state index contributed by atoms with van der Waals surface area (Å²) < 4.78 is 39.0. The lowest BCUT2D eigenvalue weighted by Crippen LogP contribution is -2.26. The molecular weight excluding hydrogens is 392 g/mol. The Balaban J connectivity index is 1.59. The third kappa shape index (κ3) is 4.52. The van der Waals surface area contributed by atoms with Crippen LogP contribution >= 0.6 is 0 Å². The van der Waals surface area contributed by atoms with E-state index in [1.165, 1.54) is 12.1 Å². The fourth-order valence-corrected chi connectivity index (χ4v) is 3.29. The molecule has 0 aliphatic carbocycles. The summed E-state index contributed by atoms with van der Waals surface area (Å²) in [6.07, 6.45) is 2.59. The third-order valence-electron chi connectivity index (χ3n) is 4.99. The van der Waals surface area contributed by atoms with Gasteiger partial charge in [-0.1, -0.05) is 0 Å². The minimum absolute atomic E-state index is 0.147. The third-order valence-corrected chi connectivity index (χ3v) is 4.99. The molecule has 2 aromatic heterocycles. The molecule has 0 radical (unpaired) electrons. The van der Waals surface area contributed by atoms with Gasteiger partial charge >= 0.3 is 0 Å². The molecule has 0 N–H and O–H groups in total. The Morgan fingerprint density at radius 3 is 2.87 bits per heavy atom. The summed E-state index contributed by atoms with van der Waals surface area (Å²) in [5.74, 6) is -0.556. The highest BCUT2D eigenvalue weighted by atomic mass is 19.1. The van der Waals surface area contributed by atoms with Crippen LogP contribution in [0.25, 0.3) is 22.4 Å². The number of rotatable bonds is 7. The highest BCUT2D eigenvalue weighted by Crippen LogP contribution is 2.28. The minimum atomic E-state index is -0.715. The average molecular weight is 415 g/mol. The molecule has 1 unspecified atom stereocenters. The number of nitrogens with zero attached hydrogens (tertiary/aromatic N) is 5. The van der Waals surface area contributed by atoms with Crippen molar-refractivity contribution in [2.45, 2.75) is 13.3 Å². The normalized spacial score (nSPS) is 16.3. The van der Waals surface area contributed by atoms with E-state index in [-0.39, 0.29) is 11.3 Å². The number of hydrogen-bond donors (Lipinski definition) is 0. The van der Waals surface area contributed by atoms with Crippen molar-refractivity contribution in [1.82, 2.24) is 19.9 Å². The van der Waals surface area contributed by atoms with Crippen LogP contribution in [-0.4, -0.2) is 60.0 Å². The van der Waals surface area contributed by atoms with Gasteiger partial charge in [0.15, 0.2) is 5.65 Å². The first-order chi connectivity index (χ1) is 14.5. The van der Waals surface area contributed by atoms with E-state index in [9.17, 15) is 8.78 Å². The SMILES string of the molecule is Cc1cnc2c(-c3ccc(F)cc3F)nc(N(C)CCOCC3CCOC3)nc2n1. The maximum atomic E-state index is 14.5. The number of aryl methyl sites for hydroxylation is 1. The van der Waals surface area contributed by atoms with E-state index in [0.29, 0.717) is 48.5 Å². The van der Waals surface area contributed by atoms with Gasteiger partial charge in [0.05, 0.1) is 25.5 Å². The highest BCUT2D eigenvalue weighted by molar-refractivity contribution is 5.87. The Kier molecular flexibility index (Phi) is 6.10. The predicted molar refractivity (Wildman–Crippen MR) is 108 cm³/mol. The first-order valence-electron chi connectivity index (χ1n) is 9.84. The van der Waals surface area contributed by atoms with Crippen molar-refractivity contribution in [3.63, 3.8) is 0 Å². The molecule has 9 heteroatoms. The summed E-state index contributed by atoms with van der Waals surface area (Å²) in [5.41, 5.74) is 1.82. The Morgan fingerprint density at radius 2 is 2.10 bits per heavy atom. The van der Waals surface area contributed by atoms with Crippen LogP contribution in [0.5, 0.6) is 0 Å². The molecule has 30 heavy (non-hydrogen) atoms. The molecule has 1 aromatic carbocycles. The van der Waals surface area contributed by atoms with E-state index in [1.54, 1.807) is 13.1 Å². The van der Waals surface area contributed by atoms with Crippen molar-refractivity contribution in [3.8, 4) is 11.3 Å². The monoisotopic (exact) mass is 415 g/mol. The van der Waals surface area contributed by atoms with Gasteiger partial charge in [0, 0.05) is 43.9 Å². The molecule has 0 bridgehead atoms. The summed E-state index contributed by atoms with van der Waals surface area (Å²) in [6.45, 7) is 5.04. The number of halogens is 2. The Hall–Kier alpha value is -2.78. The first-order valence-corrected chi connectivity index (χ1v) is 9.84. The van der Waals surface area contributed by atoms with Crippen LogP contribution in [0.4, 0.5) is 14.7 Å². The number of likely N-dealkylation sites (N-methyl/N-ethyl adjacent to an activating group) is 1. The molecule has 7 nitrogen and oxygen atoms in total. The fourth-order valence-electron chi connectivity index (χ4n) is 3.29. The quantitative estimate of drug-likeness (QED) is 0.549. The van der Waals surface area contributed by atoms with Gasteiger partial charge in [0.2, 0.25) is 5.95 Å². The molecule has 3 heterocycles. The zero-order valence-electron chi connectivity index (χ0n) is 16.9. The van der Waals surface area contributed by atoms with Gasteiger partial charge in [-0.2, -0.15) is 4.98 Å². The number of aromatic nitrogens is 4. The molecule has 1 aliphatic rings.